The molecular formula is C15H20ClNO4. The van der Waals surface area contributed by atoms with Crippen LogP contribution in [0, 0.1) is 5.92 Å². The smallest absolute Gasteiger partial charge is 0.326 e. The van der Waals surface area contributed by atoms with E-state index >= 15 is 0 Å². The standard InChI is InChI=1S/C15H20ClNO4/c1-3-10(2)13(15(19)20)17-14(18)12(16)9-21-11-7-5-4-6-8-11/h4-8,10,12-13H,3,9H2,1-2H3,(H,17,18)(H,19,20)/t10-,12?,13-/m0/s1. The van der Waals surface area contributed by atoms with Gasteiger partial charge in [-0.2, -0.15) is 0 Å². The molecule has 1 aromatic rings. The Bertz CT molecular complexity index is 466. The van der Waals surface area contributed by atoms with E-state index in [4.69, 9.17) is 21.4 Å². The van der Waals surface area contributed by atoms with E-state index in [1.165, 1.54) is 0 Å². The molecule has 1 amide bonds. The predicted octanol–water partition coefficient (Wildman–Crippen LogP) is 2.29. The molecule has 0 aliphatic carbocycles. The van der Waals surface area contributed by atoms with Gasteiger partial charge in [-0.25, -0.2) is 4.79 Å². The van der Waals surface area contributed by atoms with Crippen molar-refractivity contribution in [1.29, 1.82) is 0 Å². The number of amides is 1. The molecule has 21 heavy (non-hydrogen) atoms. The van der Waals surface area contributed by atoms with Gasteiger partial charge in [0.25, 0.3) is 0 Å². The normalized spacial score (nSPS) is 14.8. The molecule has 0 fully saturated rings. The summed E-state index contributed by atoms with van der Waals surface area (Å²) in [5, 5.41) is 10.6. The minimum atomic E-state index is -1.06. The van der Waals surface area contributed by atoms with Crippen LogP contribution in [0.15, 0.2) is 30.3 Å². The fourth-order valence-electron chi connectivity index (χ4n) is 1.69. The molecule has 0 saturated heterocycles. The van der Waals surface area contributed by atoms with Crippen LogP contribution in [-0.4, -0.2) is 35.0 Å². The van der Waals surface area contributed by atoms with Crippen LogP contribution < -0.4 is 10.1 Å². The molecule has 0 heterocycles. The lowest BCUT2D eigenvalue weighted by molar-refractivity contribution is -0.143. The third-order valence-electron chi connectivity index (χ3n) is 3.20. The SMILES string of the molecule is CC[C@H](C)[C@H](NC(=O)C(Cl)COc1ccccc1)C(=O)O. The average molecular weight is 314 g/mol. The number of carboxylic acids is 1. The first kappa shape index (κ1) is 17.3. The monoisotopic (exact) mass is 313 g/mol. The Labute approximate surface area is 129 Å². The third-order valence-corrected chi connectivity index (χ3v) is 3.53. The number of ether oxygens (including phenoxy) is 1. The minimum Gasteiger partial charge on any atom is -0.492 e. The average Bonchev–Trinajstić information content (AvgIpc) is 2.49. The number of carboxylic acid groups (broad SMARTS) is 1. The van der Waals surface area contributed by atoms with Crippen LogP contribution in [-0.2, 0) is 9.59 Å². The summed E-state index contributed by atoms with van der Waals surface area (Å²) in [5.74, 6) is -1.18. The van der Waals surface area contributed by atoms with Crippen LogP contribution in [0.3, 0.4) is 0 Å². The zero-order valence-corrected chi connectivity index (χ0v) is 12.8. The van der Waals surface area contributed by atoms with Crippen LogP contribution in [0.25, 0.3) is 0 Å². The molecule has 0 spiro atoms. The molecule has 1 rings (SSSR count). The van der Waals surface area contributed by atoms with Gasteiger partial charge in [-0.3, -0.25) is 4.79 Å². The number of hydrogen-bond donors (Lipinski definition) is 2. The van der Waals surface area contributed by atoms with Crippen LogP contribution in [0.5, 0.6) is 5.75 Å². The molecule has 0 radical (unpaired) electrons. The maximum atomic E-state index is 11.9. The lowest BCUT2D eigenvalue weighted by atomic mass is 9.99. The largest absolute Gasteiger partial charge is 0.492 e. The number of nitrogens with one attached hydrogen (secondary N) is 1. The molecule has 3 atom stereocenters. The van der Waals surface area contributed by atoms with E-state index in [9.17, 15) is 9.59 Å². The van der Waals surface area contributed by atoms with Gasteiger partial charge in [0.05, 0.1) is 0 Å². The number of hydrogen-bond acceptors (Lipinski definition) is 3. The van der Waals surface area contributed by atoms with E-state index in [1.807, 2.05) is 25.1 Å². The van der Waals surface area contributed by atoms with E-state index in [-0.39, 0.29) is 12.5 Å². The second-order valence-electron chi connectivity index (χ2n) is 4.80. The Hall–Kier alpha value is -1.75. The summed E-state index contributed by atoms with van der Waals surface area (Å²) in [6.45, 7) is 3.61. The molecule has 6 heteroatoms. The molecule has 2 N–H and O–H groups in total. The molecule has 0 aromatic heterocycles. The lowest BCUT2D eigenvalue weighted by Gasteiger charge is -2.21. The number of halogens is 1. The summed E-state index contributed by atoms with van der Waals surface area (Å²) in [6, 6.07) is 8.02. The summed E-state index contributed by atoms with van der Waals surface area (Å²) in [7, 11) is 0. The highest BCUT2D eigenvalue weighted by atomic mass is 35.5. The number of rotatable bonds is 8. The predicted molar refractivity (Wildman–Crippen MR) is 80.6 cm³/mol. The minimum absolute atomic E-state index is 0.0236. The Morgan fingerprint density at radius 1 is 1.33 bits per heavy atom. The van der Waals surface area contributed by atoms with E-state index in [2.05, 4.69) is 5.32 Å². The fourth-order valence-corrected chi connectivity index (χ4v) is 1.81. The van der Waals surface area contributed by atoms with Crippen molar-refractivity contribution in [2.45, 2.75) is 31.7 Å². The van der Waals surface area contributed by atoms with Gasteiger partial charge in [0, 0.05) is 0 Å². The maximum absolute atomic E-state index is 11.9. The highest BCUT2D eigenvalue weighted by molar-refractivity contribution is 6.31. The molecule has 0 aliphatic rings. The van der Waals surface area contributed by atoms with Crippen LogP contribution >= 0.6 is 11.6 Å². The van der Waals surface area contributed by atoms with Crippen molar-refractivity contribution in [3.8, 4) is 5.75 Å². The number of alkyl halides is 1. The van der Waals surface area contributed by atoms with Crippen molar-refractivity contribution in [3.05, 3.63) is 30.3 Å². The van der Waals surface area contributed by atoms with Gasteiger partial charge in [-0.1, -0.05) is 38.5 Å². The number of carbonyl (C=O) groups is 2. The first-order chi connectivity index (χ1) is 9.95. The van der Waals surface area contributed by atoms with Crippen molar-refractivity contribution in [1.82, 2.24) is 5.32 Å². The van der Waals surface area contributed by atoms with Gasteiger partial charge >= 0.3 is 5.97 Å². The second kappa shape index (κ2) is 8.52. The molecule has 1 unspecified atom stereocenters. The number of carbonyl (C=O) groups excluding carboxylic acids is 1. The van der Waals surface area contributed by atoms with Crippen LogP contribution in [0.2, 0.25) is 0 Å². The van der Waals surface area contributed by atoms with Gasteiger partial charge < -0.3 is 15.2 Å². The van der Waals surface area contributed by atoms with Gasteiger partial charge in [0.15, 0.2) is 0 Å². The van der Waals surface area contributed by atoms with E-state index in [0.29, 0.717) is 12.2 Å². The van der Waals surface area contributed by atoms with Crippen molar-refractivity contribution >= 4 is 23.5 Å². The van der Waals surface area contributed by atoms with Crippen LogP contribution in [0.1, 0.15) is 20.3 Å². The summed E-state index contributed by atoms with van der Waals surface area (Å²) in [6.07, 6.45) is 0.644. The number of aliphatic carboxylic acids is 1. The topological polar surface area (TPSA) is 75.6 Å². The Kier molecular flexibility index (Phi) is 7.02. The first-order valence-electron chi connectivity index (χ1n) is 6.80. The molecule has 116 valence electrons. The maximum Gasteiger partial charge on any atom is 0.326 e. The summed E-state index contributed by atoms with van der Waals surface area (Å²) in [4.78, 5) is 23.1. The molecule has 0 aliphatic heterocycles. The van der Waals surface area contributed by atoms with Crippen molar-refractivity contribution < 1.29 is 19.4 Å². The Balaban J connectivity index is 2.51. The number of benzene rings is 1. The quantitative estimate of drug-likeness (QED) is 0.722. The molecular weight excluding hydrogens is 294 g/mol. The zero-order valence-electron chi connectivity index (χ0n) is 12.1. The summed E-state index contributed by atoms with van der Waals surface area (Å²) >= 11 is 5.95. The highest BCUT2D eigenvalue weighted by Gasteiger charge is 2.28. The van der Waals surface area contributed by atoms with E-state index in [0.717, 1.165) is 0 Å². The Morgan fingerprint density at radius 3 is 2.48 bits per heavy atom. The third kappa shape index (κ3) is 5.63. The zero-order chi connectivity index (χ0) is 15.8. The number of para-hydroxylation sites is 1. The first-order valence-corrected chi connectivity index (χ1v) is 7.24. The van der Waals surface area contributed by atoms with Crippen molar-refractivity contribution in [3.63, 3.8) is 0 Å². The fraction of sp³-hybridized carbons (Fsp3) is 0.467. The highest BCUT2D eigenvalue weighted by Crippen LogP contribution is 2.12. The van der Waals surface area contributed by atoms with Crippen LogP contribution in [0.4, 0.5) is 0 Å². The van der Waals surface area contributed by atoms with E-state index in [1.54, 1.807) is 19.1 Å². The second-order valence-corrected chi connectivity index (χ2v) is 5.33. The molecule has 0 saturated carbocycles. The van der Waals surface area contributed by atoms with Crippen molar-refractivity contribution in [2.75, 3.05) is 6.61 Å². The lowest BCUT2D eigenvalue weighted by Crippen LogP contribution is -2.48. The van der Waals surface area contributed by atoms with Crippen molar-refractivity contribution in [2.24, 2.45) is 5.92 Å². The summed E-state index contributed by atoms with van der Waals surface area (Å²) in [5.41, 5.74) is 0. The van der Waals surface area contributed by atoms with E-state index < -0.39 is 23.3 Å². The molecule has 1 aromatic carbocycles. The Morgan fingerprint density at radius 2 is 1.95 bits per heavy atom. The summed E-state index contributed by atoms with van der Waals surface area (Å²) < 4.78 is 5.38. The van der Waals surface area contributed by atoms with Gasteiger partial charge in [-0.15, -0.1) is 11.6 Å². The molecule has 5 nitrogen and oxygen atoms in total. The van der Waals surface area contributed by atoms with Gasteiger partial charge in [0.1, 0.15) is 23.8 Å². The van der Waals surface area contributed by atoms with Gasteiger partial charge in [-0.05, 0) is 18.1 Å². The van der Waals surface area contributed by atoms with Gasteiger partial charge in [0.2, 0.25) is 5.91 Å². The molecule has 0 bridgehead atoms.